The molecule has 0 aromatic heterocycles. The highest BCUT2D eigenvalue weighted by atomic mass is 16.1. The van der Waals surface area contributed by atoms with Gasteiger partial charge >= 0.3 is 0 Å². The molecule has 0 saturated heterocycles. The Morgan fingerprint density at radius 3 is 0.500 bits per heavy atom. The molecule has 54 heavy (non-hydrogen) atoms. The van der Waals surface area contributed by atoms with Crippen LogP contribution in [-0.2, 0) is 9.59 Å². The van der Waals surface area contributed by atoms with Gasteiger partial charge in [0.15, 0.2) is 0 Å². The third kappa shape index (κ3) is 50.4. The van der Waals surface area contributed by atoms with Crippen LogP contribution < -0.4 is 11.5 Å². The molecule has 318 valence electrons. The number of allylic oxidation sites excluding steroid dienone is 4. The maximum absolute atomic E-state index is 10.7. The van der Waals surface area contributed by atoms with E-state index in [0.29, 0.717) is 12.8 Å². The summed E-state index contributed by atoms with van der Waals surface area (Å²) >= 11 is 0. The number of carbonyl (C=O) groups excluding carboxylic acids is 2. The minimum atomic E-state index is -0.154. The molecule has 0 heterocycles. The van der Waals surface area contributed by atoms with E-state index in [4.69, 9.17) is 11.5 Å². The minimum Gasteiger partial charge on any atom is -0.370 e. The first-order valence-corrected chi connectivity index (χ1v) is 24.5. The summed E-state index contributed by atoms with van der Waals surface area (Å²) in [6.07, 6.45) is 67.8. The van der Waals surface area contributed by atoms with Crippen LogP contribution in [0.3, 0.4) is 0 Å². The van der Waals surface area contributed by atoms with Gasteiger partial charge < -0.3 is 11.5 Å². The quantitative estimate of drug-likeness (QED) is 0.0478. The van der Waals surface area contributed by atoms with Gasteiger partial charge in [0.25, 0.3) is 0 Å². The highest BCUT2D eigenvalue weighted by molar-refractivity contribution is 5.73. The van der Waals surface area contributed by atoms with Gasteiger partial charge in [0.2, 0.25) is 11.8 Å². The molecule has 0 saturated carbocycles. The average Bonchev–Trinajstić information content (AvgIpc) is 3.15. The highest BCUT2D eigenvalue weighted by Gasteiger charge is 1.98. The molecule has 0 fully saturated rings. The second-order valence-corrected chi connectivity index (χ2v) is 17.0. The Morgan fingerprint density at radius 2 is 0.352 bits per heavy atom. The lowest BCUT2D eigenvalue weighted by molar-refractivity contribution is -0.119. The molecule has 0 rings (SSSR count). The monoisotopic (exact) mass is 757 g/mol. The van der Waals surface area contributed by atoms with Gasteiger partial charge in [0, 0.05) is 12.8 Å². The van der Waals surface area contributed by atoms with E-state index in [1.807, 2.05) is 0 Å². The maximum Gasteiger partial charge on any atom is 0.217 e. The Bertz CT molecular complexity index is 740. The zero-order valence-electron chi connectivity index (χ0n) is 36.4. The first-order valence-electron chi connectivity index (χ1n) is 24.5. The smallest absolute Gasteiger partial charge is 0.217 e. The lowest BCUT2D eigenvalue weighted by atomic mass is 10.0. The van der Waals surface area contributed by atoms with E-state index in [0.717, 1.165) is 25.7 Å². The summed E-state index contributed by atoms with van der Waals surface area (Å²) in [6.45, 7) is 0. The molecule has 2 amide bonds. The number of amides is 2. The first-order chi connectivity index (χ1) is 26.6. The minimum absolute atomic E-state index is 0.154. The van der Waals surface area contributed by atoms with E-state index < -0.39 is 0 Å². The molecule has 0 aromatic rings. The fourth-order valence-electron chi connectivity index (χ4n) is 7.78. The van der Waals surface area contributed by atoms with Crippen molar-refractivity contribution < 1.29 is 9.59 Å². The number of nitrogens with two attached hydrogens (primary N) is 2. The second-order valence-electron chi connectivity index (χ2n) is 17.0. The fourth-order valence-corrected chi connectivity index (χ4v) is 7.78. The van der Waals surface area contributed by atoms with Crippen molar-refractivity contribution in [3.05, 3.63) is 24.3 Å². The van der Waals surface area contributed by atoms with Gasteiger partial charge in [-0.3, -0.25) is 9.59 Å². The van der Waals surface area contributed by atoms with Gasteiger partial charge in [-0.25, -0.2) is 0 Å². The predicted octanol–water partition coefficient (Wildman–Crippen LogP) is 16.2. The Morgan fingerprint density at radius 1 is 0.222 bits per heavy atom. The Balaban J connectivity index is 3.14. The molecule has 0 atom stereocenters. The molecule has 4 nitrogen and oxygen atoms in total. The van der Waals surface area contributed by atoms with Gasteiger partial charge in [-0.15, -0.1) is 0 Å². The van der Waals surface area contributed by atoms with Crippen molar-refractivity contribution in [3.63, 3.8) is 0 Å². The molecule has 4 heteroatoms. The molecule has 0 aliphatic carbocycles. The van der Waals surface area contributed by atoms with Gasteiger partial charge in [0.1, 0.15) is 0 Å². The van der Waals surface area contributed by atoms with Crippen molar-refractivity contribution in [2.24, 2.45) is 11.5 Å². The van der Waals surface area contributed by atoms with Crippen LogP contribution in [0.2, 0.25) is 0 Å². The zero-order chi connectivity index (χ0) is 39.1. The summed E-state index contributed by atoms with van der Waals surface area (Å²) in [5.41, 5.74) is 10.4. The molecular weight excluding hydrogens is 661 g/mol. The number of hydrogen-bond acceptors (Lipinski definition) is 2. The standard InChI is InChI=1S/C50H96N2O2/c51-49(53)47-45-43-41-39-37-35-33-31-29-27-25-23-21-19-17-15-13-11-9-7-5-3-1-2-4-6-8-10-12-14-16-18-20-22-24-26-28-30-32-34-36-38-40-42-44-46-48-50(52)54/h19-22H,1-18,23-48H2,(H2,51,53)(H2,52,54)/b21-19-,22-20-. The average molecular weight is 757 g/mol. The van der Waals surface area contributed by atoms with Crippen molar-refractivity contribution in [2.45, 2.75) is 283 Å². The molecule has 0 aromatic carbocycles. The zero-order valence-corrected chi connectivity index (χ0v) is 36.4. The predicted molar refractivity (Wildman–Crippen MR) is 240 cm³/mol. The van der Waals surface area contributed by atoms with Crippen LogP contribution in [0, 0.1) is 0 Å². The van der Waals surface area contributed by atoms with Crippen LogP contribution in [0.4, 0.5) is 0 Å². The van der Waals surface area contributed by atoms with E-state index in [2.05, 4.69) is 24.3 Å². The summed E-state index contributed by atoms with van der Waals surface area (Å²) in [5.74, 6) is -0.308. The summed E-state index contributed by atoms with van der Waals surface area (Å²) in [5, 5.41) is 0. The van der Waals surface area contributed by atoms with Crippen molar-refractivity contribution in [1.29, 1.82) is 0 Å². The first kappa shape index (κ1) is 52.4. The highest BCUT2D eigenvalue weighted by Crippen LogP contribution is 2.17. The third-order valence-corrected chi connectivity index (χ3v) is 11.4. The topological polar surface area (TPSA) is 86.2 Å². The van der Waals surface area contributed by atoms with E-state index in [1.54, 1.807) is 0 Å². The Labute approximate surface area is 338 Å². The van der Waals surface area contributed by atoms with Crippen molar-refractivity contribution in [3.8, 4) is 0 Å². The normalized spacial score (nSPS) is 11.8. The summed E-state index contributed by atoms with van der Waals surface area (Å²) in [6, 6.07) is 0. The number of rotatable bonds is 47. The van der Waals surface area contributed by atoms with Crippen molar-refractivity contribution in [1.82, 2.24) is 0 Å². The number of hydrogen-bond donors (Lipinski definition) is 2. The van der Waals surface area contributed by atoms with Gasteiger partial charge in [0.05, 0.1) is 0 Å². The van der Waals surface area contributed by atoms with E-state index in [1.165, 1.54) is 244 Å². The fraction of sp³-hybridized carbons (Fsp3) is 0.880. The molecule has 0 unspecified atom stereocenters. The molecule has 0 bridgehead atoms. The summed E-state index contributed by atoms with van der Waals surface area (Å²) < 4.78 is 0. The Hall–Kier alpha value is -1.58. The van der Waals surface area contributed by atoms with Gasteiger partial charge in [-0.1, -0.05) is 230 Å². The van der Waals surface area contributed by atoms with Crippen LogP contribution in [0.25, 0.3) is 0 Å². The second kappa shape index (κ2) is 47.6. The molecule has 0 aliphatic heterocycles. The van der Waals surface area contributed by atoms with Crippen LogP contribution in [0.15, 0.2) is 24.3 Å². The van der Waals surface area contributed by atoms with Crippen LogP contribution >= 0.6 is 0 Å². The lowest BCUT2D eigenvalue weighted by Gasteiger charge is -2.03. The van der Waals surface area contributed by atoms with Crippen LogP contribution in [0.5, 0.6) is 0 Å². The molecule has 0 aliphatic rings. The van der Waals surface area contributed by atoms with E-state index in [9.17, 15) is 9.59 Å². The van der Waals surface area contributed by atoms with E-state index >= 15 is 0 Å². The Kier molecular flexibility index (Phi) is 46.2. The molecule has 0 spiro atoms. The molecule has 4 N–H and O–H groups in total. The van der Waals surface area contributed by atoms with Gasteiger partial charge in [-0.2, -0.15) is 0 Å². The summed E-state index contributed by atoms with van der Waals surface area (Å²) in [7, 11) is 0. The largest absolute Gasteiger partial charge is 0.370 e. The van der Waals surface area contributed by atoms with E-state index in [-0.39, 0.29) is 11.8 Å². The molecule has 0 radical (unpaired) electrons. The maximum atomic E-state index is 10.7. The number of primary amides is 2. The SMILES string of the molecule is NC(=O)CCCCCCCCCCCCC/C=C\CCCCCCCCCCCCCCCCCC/C=C\CCCCCCCCCCCCCC(N)=O. The van der Waals surface area contributed by atoms with Crippen molar-refractivity contribution >= 4 is 11.8 Å². The number of carbonyl (C=O) groups is 2. The van der Waals surface area contributed by atoms with Crippen LogP contribution in [0.1, 0.15) is 283 Å². The number of unbranched alkanes of at least 4 members (excludes halogenated alkanes) is 39. The van der Waals surface area contributed by atoms with Crippen molar-refractivity contribution in [2.75, 3.05) is 0 Å². The van der Waals surface area contributed by atoms with Gasteiger partial charge in [-0.05, 0) is 64.2 Å². The third-order valence-electron chi connectivity index (χ3n) is 11.4. The lowest BCUT2D eigenvalue weighted by Crippen LogP contribution is -2.09. The molecular formula is C50H96N2O2. The van der Waals surface area contributed by atoms with Crippen LogP contribution in [-0.4, -0.2) is 11.8 Å². The summed E-state index contributed by atoms with van der Waals surface area (Å²) in [4.78, 5) is 21.5.